The van der Waals surface area contributed by atoms with Gasteiger partial charge in [0.1, 0.15) is 0 Å². The van der Waals surface area contributed by atoms with Gasteiger partial charge in [0.2, 0.25) is 11.1 Å². The Morgan fingerprint density at radius 2 is 1.67 bits per heavy atom. The molecule has 1 amide bonds. The van der Waals surface area contributed by atoms with E-state index >= 15 is 0 Å². The molecule has 1 atom stereocenters. The van der Waals surface area contributed by atoms with Crippen LogP contribution in [0.2, 0.25) is 0 Å². The Labute approximate surface area is 129 Å². The topological polar surface area (TPSA) is 40.6 Å². The summed E-state index contributed by atoms with van der Waals surface area (Å²) in [4.78, 5) is 27.2. The summed E-state index contributed by atoms with van der Waals surface area (Å²) in [6, 6.07) is 8.04. The number of rotatable bonds is 3. The van der Waals surface area contributed by atoms with Crippen LogP contribution >= 0.6 is 11.6 Å². The minimum Gasteiger partial charge on any atom is -0.372 e. The lowest BCUT2D eigenvalue weighted by Gasteiger charge is -2.29. The second-order valence-electron chi connectivity index (χ2n) is 5.77. The summed E-state index contributed by atoms with van der Waals surface area (Å²) < 4.78 is 0. The van der Waals surface area contributed by atoms with Crippen LogP contribution in [-0.2, 0) is 9.59 Å². The quantitative estimate of drug-likeness (QED) is 0.806. The summed E-state index contributed by atoms with van der Waals surface area (Å²) in [6.07, 6.45) is 4.01. The number of hydrogen-bond acceptors (Lipinski definition) is 3. The monoisotopic (exact) mass is 306 g/mol. The van der Waals surface area contributed by atoms with E-state index in [0.29, 0.717) is 6.54 Å². The van der Waals surface area contributed by atoms with Gasteiger partial charge in [0, 0.05) is 37.4 Å². The van der Waals surface area contributed by atoms with Crippen molar-refractivity contribution in [3.05, 3.63) is 24.3 Å². The summed E-state index contributed by atoms with van der Waals surface area (Å²) in [6.45, 7) is 2.60. The molecule has 2 aliphatic rings. The molecule has 2 saturated heterocycles. The van der Waals surface area contributed by atoms with Gasteiger partial charge in [-0.25, -0.2) is 0 Å². The molecule has 21 heavy (non-hydrogen) atoms. The van der Waals surface area contributed by atoms with Crippen molar-refractivity contribution in [1.82, 2.24) is 0 Å². The van der Waals surface area contributed by atoms with E-state index in [1.807, 2.05) is 12.1 Å². The standard InChI is InChI=1S/C16H19ClN2O2/c17-16(21)12-10-15(20)19(11-12)14-6-4-13(5-7-14)18-8-2-1-3-9-18/h4-7,12H,1-3,8-11H2/t12-/m0/s1. The average molecular weight is 307 g/mol. The van der Waals surface area contributed by atoms with Gasteiger partial charge in [-0.2, -0.15) is 0 Å². The van der Waals surface area contributed by atoms with Crippen molar-refractivity contribution in [2.45, 2.75) is 25.7 Å². The van der Waals surface area contributed by atoms with Crippen molar-refractivity contribution in [2.24, 2.45) is 5.92 Å². The molecular weight excluding hydrogens is 288 g/mol. The molecule has 2 aliphatic heterocycles. The number of piperidine rings is 1. The number of benzene rings is 1. The largest absolute Gasteiger partial charge is 0.372 e. The maximum atomic E-state index is 12.0. The lowest BCUT2D eigenvalue weighted by Crippen LogP contribution is -2.29. The normalized spacial score (nSPS) is 22.7. The molecule has 0 saturated carbocycles. The van der Waals surface area contributed by atoms with E-state index in [4.69, 9.17) is 11.6 Å². The zero-order chi connectivity index (χ0) is 14.8. The van der Waals surface area contributed by atoms with Gasteiger partial charge in [0.25, 0.3) is 0 Å². The number of carbonyl (C=O) groups is 2. The first kappa shape index (κ1) is 14.4. The molecule has 3 rings (SSSR count). The Hall–Kier alpha value is -1.55. The molecule has 0 bridgehead atoms. The minimum atomic E-state index is -0.421. The van der Waals surface area contributed by atoms with Crippen LogP contribution in [0, 0.1) is 5.92 Å². The molecule has 0 spiro atoms. The highest BCUT2D eigenvalue weighted by molar-refractivity contribution is 6.64. The number of halogens is 1. The maximum Gasteiger partial charge on any atom is 0.227 e. The molecule has 5 heteroatoms. The Bertz CT molecular complexity index is 538. The zero-order valence-electron chi connectivity index (χ0n) is 11.9. The highest BCUT2D eigenvalue weighted by Crippen LogP contribution is 2.29. The van der Waals surface area contributed by atoms with Crippen LogP contribution in [0.15, 0.2) is 24.3 Å². The molecule has 0 aliphatic carbocycles. The first-order valence-electron chi connectivity index (χ1n) is 7.50. The molecule has 0 N–H and O–H groups in total. The third-order valence-electron chi connectivity index (χ3n) is 4.33. The van der Waals surface area contributed by atoms with E-state index in [1.165, 1.54) is 24.9 Å². The van der Waals surface area contributed by atoms with Crippen LogP contribution in [0.3, 0.4) is 0 Å². The van der Waals surface area contributed by atoms with Crippen LogP contribution in [0.25, 0.3) is 0 Å². The van der Waals surface area contributed by atoms with Gasteiger partial charge in [-0.05, 0) is 55.1 Å². The number of amides is 1. The summed E-state index contributed by atoms with van der Waals surface area (Å²) in [5.41, 5.74) is 2.05. The Morgan fingerprint density at radius 3 is 2.24 bits per heavy atom. The van der Waals surface area contributed by atoms with Gasteiger partial charge in [0.05, 0.1) is 5.92 Å². The molecule has 2 heterocycles. The molecule has 0 aromatic heterocycles. The lowest BCUT2D eigenvalue weighted by atomic mass is 10.1. The van der Waals surface area contributed by atoms with E-state index in [-0.39, 0.29) is 18.2 Å². The molecule has 1 aromatic carbocycles. The molecule has 0 unspecified atom stereocenters. The van der Waals surface area contributed by atoms with Gasteiger partial charge in [-0.15, -0.1) is 0 Å². The van der Waals surface area contributed by atoms with E-state index in [2.05, 4.69) is 17.0 Å². The van der Waals surface area contributed by atoms with E-state index < -0.39 is 5.24 Å². The maximum absolute atomic E-state index is 12.0. The van der Waals surface area contributed by atoms with Crippen molar-refractivity contribution >= 4 is 34.1 Å². The van der Waals surface area contributed by atoms with Crippen molar-refractivity contribution in [3.8, 4) is 0 Å². The molecule has 112 valence electrons. The van der Waals surface area contributed by atoms with Crippen LogP contribution in [0.1, 0.15) is 25.7 Å². The third-order valence-corrected chi connectivity index (χ3v) is 4.64. The molecule has 4 nitrogen and oxygen atoms in total. The SMILES string of the molecule is O=C(Cl)[C@H]1CC(=O)N(c2ccc(N3CCCCC3)cc2)C1. The number of nitrogens with zero attached hydrogens (tertiary/aromatic N) is 2. The highest BCUT2D eigenvalue weighted by atomic mass is 35.5. The summed E-state index contributed by atoms with van der Waals surface area (Å²) in [5, 5.41) is -0.421. The van der Waals surface area contributed by atoms with Gasteiger partial charge >= 0.3 is 0 Å². The zero-order valence-corrected chi connectivity index (χ0v) is 12.7. The Balaban J connectivity index is 1.72. The van der Waals surface area contributed by atoms with Crippen molar-refractivity contribution in [2.75, 3.05) is 29.4 Å². The lowest BCUT2D eigenvalue weighted by molar-refractivity contribution is -0.120. The predicted octanol–water partition coefficient (Wildman–Crippen LogP) is 2.80. The van der Waals surface area contributed by atoms with Crippen LogP contribution in [0.5, 0.6) is 0 Å². The van der Waals surface area contributed by atoms with E-state index in [1.54, 1.807) is 4.90 Å². The van der Waals surface area contributed by atoms with Crippen molar-refractivity contribution < 1.29 is 9.59 Å². The number of anilines is 2. The fourth-order valence-electron chi connectivity index (χ4n) is 3.10. The van der Waals surface area contributed by atoms with Crippen molar-refractivity contribution in [3.63, 3.8) is 0 Å². The second kappa shape index (κ2) is 6.06. The molecule has 1 aromatic rings. The van der Waals surface area contributed by atoms with Gasteiger partial charge in [-0.3, -0.25) is 9.59 Å². The molecule has 0 radical (unpaired) electrons. The third kappa shape index (κ3) is 3.05. The predicted molar refractivity (Wildman–Crippen MR) is 83.8 cm³/mol. The van der Waals surface area contributed by atoms with E-state index in [0.717, 1.165) is 18.8 Å². The first-order valence-corrected chi connectivity index (χ1v) is 7.87. The summed E-state index contributed by atoms with van der Waals surface area (Å²) in [7, 11) is 0. The van der Waals surface area contributed by atoms with Crippen LogP contribution in [0.4, 0.5) is 11.4 Å². The van der Waals surface area contributed by atoms with Crippen LogP contribution < -0.4 is 9.80 Å². The highest BCUT2D eigenvalue weighted by Gasteiger charge is 2.34. The van der Waals surface area contributed by atoms with Gasteiger partial charge in [0.15, 0.2) is 0 Å². The fourth-order valence-corrected chi connectivity index (χ4v) is 3.25. The Kier molecular flexibility index (Phi) is 4.15. The van der Waals surface area contributed by atoms with Gasteiger partial charge < -0.3 is 9.80 Å². The van der Waals surface area contributed by atoms with E-state index in [9.17, 15) is 9.59 Å². The number of hydrogen-bond donors (Lipinski definition) is 0. The second-order valence-corrected chi connectivity index (χ2v) is 6.15. The number of carbonyl (C=O) groups excluding carboxylic acids is 2. The smallest absolute Gasteiger partial charge is 0.227 e. The first-order chi connectivity index (χ1) is 10.1. The summed E-state index contributed by atoms with van der Waals surface area (Å²) in [5.74, 6) is -0.402. The Morgan fingerprint density at radius 1 is 1.05 bits per heavy atom. The van der Waals surface area contributed by atoms with Crippen LogP contribution in [-0.4, -0.2) is 30.8 Å². The minimum absolute atomic E-state index is 0.0280. The van der Waals surface area contributed by atoms with Gasteiger partial charge in [-0.1, -0.05) is 0 Å². The van der Waals surface area contributed by atoms with Crippen molar-refractivity contribution in [1.29, 1.82) is 0 Å². The fraction of sp³-hybridized carbons (Fsp3) is 0.500. The molecule has 2 fully saturated rings. The molecular formula is C16H19ClN2O2. The average Bonchev–Trinajstić information content (AvgIpc) is 2.91. The summed E-state index contributed by atoms with van der Waals surface area (Å²) >= 11 is 5.50.